The summed E-state index contributed by atoms with van der Waals surface area (Å²) in [6.07, 6.45) is 1.23. The summed E-state index contributed by atoms with van der Waals surface area (Å²) < 4.78 is 6.76. The van der Waals surface area contributed by atoms with Gasteiger partial charge in [-0.15, -0.1) is 11.3 Å². The first kappa shape index (κ1) is 13.2. The third-order valence-electron chi connectivity index (χ3n) is 3.51. The van der Waals surface area contributed by atoms with Crippen molar-refractivity contribution >= 4 is 27.3 Å². The van der Waals surface area contributed by atoms with E-state index in [4.69, 9.17) is 4.74 Å². The van der Waals surface area contributed by atoms with Crippen LogP contribution in [0.15, 0.2) is 40.2 Å². The van der Waals surface area contributed by atoms with E-state index in [2.05, 4.69) is 28.1 Å². The summed E-state index contributed by atoms with van der Waals surface area (Å²) in [6.45, 7) is 0.687. The molecule has 1 N–H and O–H groups in total. The predicted octanol–water partition coefficient (Wildman–Crippen LogP) is 3.98. The number of ether oxygens (including phenoxy) is 1. The second-order valence-electron chi connectivity index (χ2n) is 4.76. The molecule has 2 unspecified atom stereocenters. The number of fused-ring (bicyclic) bond motifs is 1. The molecule has 0 saturated carbocycles. The Bertz CT molecular complexity index is 567. The Balaban J connectivity index is 1.79. The molecule has 3 rings (SSSR count). The van der Waals surface area contributed by atoms with E-state index < -0.39 is 0 Å². The maximum Gasteiger partial charge on any atom is 0.122 e. The minimum atomic E-state index is -0.351. The first-order chi connectivity index (χ1) is 9.24. The standard InChI is InChI=1S/C15H15BrO2S/c16-15-6-5-10(19-15)9-13(17)11-7-8-18-14-4-2-1-3-12(11)14/h1-6,11,13,17H,7-9H2. The van der Waals surface area contributed by atoms with Crippen LogP contribution in [-0.4, -0.2) is 17.8 Å². The Kier molecular flexibility index (Phi) is 3.91. The van der Waals surface area contributed by atoms with Crippen LogP contribution >= 0.6 is 27.3 Å². The molecule has 19 heavy (non-hydrogen) atoms. The van der Waals surface area contributed by atoms with Gasteiger partial charge in [-0.1, -0.05) is 18.2 Å². The van der Waals surface area contributed by atoms with Crippen LogP contribution in [0.5, 0.6) is 5.75 Å². The highest BCUT2D eigenvalue weighted by atomic mass is 79.9. The normalized spacial score (nSPS) is 19.6. The Morgan fingerprint density at radius 1 is 1.32 bits per heavy atom. The van der Waals surface area contributed by atoms with Crippen LogP contribution in [0, 0.1) is 0 Å². The van der Waals surface area contributed by atoms with Gasteiger partial charge in [0.25, 0.3) is 0 Å². The van der Waals surface area contributed by atoms with Crippen LogP contribution in [0.1, 0.15) is 22.8 Å². The number of hydrogen-bond acceptors (Lipinski definition) is 3. The topological polar surface area (TPSA) is 29.5 Å². The zero-order chi connectivity index (χ0) is 13.2. The summed E-state index contributed by atoms with van der Waals surface area (Å²) in [6, 6.07) is 12.1. The van der Waals surface area contributed by atoms with Crippen LogP contribution < -0.4 is 4.74 Å². The minimum absolute atomic E-state index is 0.172. The second kappa shape index (κ2) is 5.65. The molecule has 1 aliphatic rings. The van der Waals surface area contributed by atoms with Gasteiger partial charge in [-0.2, -0.15) is 0 Å². The van der Waals surface area contributed by atoms with Crippen LogP contribution in [0.4, 0.5) is 0 Å². The van der Waals surface area contributed by atoms with E-state index in [1.165, 1.54) is 4.88 Å². The molecule has 2 heterocycles. The van der Waals surface area contributed by atoms with Gasteiger partial charge >= 0.3 is 0 Å². The van der Waals surface area contributed by atoms with Crippen LogP contribution in [0.2, 0.25) is 0 Å². The van der Waals surface area contributed by atoms with E-state index in [0.717, 1.165) is 21.5 Å². The van der Waals surface area contributed by atoms with E-state index in [-0.39, 0.29) is 12.0 Å². The molecule has 2 nitrogen and oxygen atoms in total. The maximum absolute atomic E-state index is 10.5. The molecule has 0 bridgehead atoms. The van der Waals surface area contributed by atoms with Crippen molar-refractivity contribution in [3.8, 4) is 5.75 Å². The molecule has 4 heteroatoms. The number of para-hydroxylation sites is 1. The lowest BCUT2D eigenvalue weighted by atomic mass is 9.86. The third-order valence-corrected chi connectivity index (χ3v) is 5.15. The molecular weight excluding hydrogens is 324 g/mol. The molecule has 0 saturated heterocycles. The first-order valence-corrected chi connectivity index (χ1v) is 7.99. The number of aliphatic hydroxyl groups excluding tert-OH is 1. The summed E-state index contributed by atoms with van der Waals surface area (Å²) in [5, 5.41) is 10.5. The quantitative estimate of drug-likeness (QED) is 0.917. The van der Waals surface area contributed by atoms with Crippen molar-refractivity contribution in [1.29, 1.82) is 0 Å². The van der Waals surface area contributed by atoms with Crippen molar-refractivity contribution < 1.29 is 9.84 Å². The van der Waals surface area contributed by atoms with Gasteiger partial charge in [-0.3, -0.25) is 0 Å². The number of halogens is 1. The number of benzene rings is 1. The monoisotopic (exact) mass is 338 g/mol. The third kappa shape index (κ3) is 2.86. The lowest BCUT2D eigenvalue weighted by molar-refractivity contribution is 0.117. The highest BCUT2D eigenvalue weighted by Gasteiger charge is 2.27. The molecule has 100 valence electrons. The Morgan fingerprint density at radius 3 is 2.95 bits per heavy atom. The number of thiophene rings is 1. The van der Waals surface area contributed by atoms with Gasteiger partial charge in [-0.05, 0) is 46.1 Å². The molecule has 0 spiro atoms. The molecule has 1 aromatic carbocycles. The lowest BCUT2D eigenvalue weighted by Gasteiger charge is -2.29. The molecule has 1 aromatic heterocycles. The Labute approximate surface area is 125 Å². The summed E-state index contributed by atoms with van der Waals surface area (Å²) in [4.78, 5) is 1.21. The SMILES string of the molecule is OC(Cc1ccc(Br)s1)C1CCOc2ccccc21. The fraction of sp³-hybridized carbons (Fsp3) is 0.333. The molecule has 0 radical (unpaired) electrons. The number of aliphatic hydroxyl groups is 1. The van der Waals surface area contributed by atoms with Gasteiger partial charge in [0.15, 0.2) is 0 Å². The Morgan fingerprint density at radius 2 is 2.16 bits per heavy atom. The predicted molar refractivity (Wildman–Crippen MR) is 81.0 cm³/mol. The lowest BCUT2D eigenvalue weighted by Crippen LogP contribution is -2.26. The van der Waals surface area contributed by atoms with E-state index in [1.54, 1.807) is 11.3 Å². The molecule has 2 aromatic rings. The molecule has 0 fully saturated rings. The number of hydrogen-bond donors (Lipinski definition) is 1. The highest BCUT2D eigenvalue weighted by molar-refractivity contribution is 9.11. The summed E-state index contributed by atoms with van der Waals surface area (Å²) >= 11 is 5.15. The van der Waals surface area contributed by atoms with Crippen molar-refractivity contribution in [3.05, 3.63) is 50.6 Å². The van der Waals surface area contributed by atoms with Gasteiger partial charge in [0.05, 0.1) is 16.5 Å². The zero-order valence-corrected chi connectivity index (χ0v) is 12.8. The van der Waals surface area contributed by atoms with Gasteiger partial charge in [-0.25, -0.2) is 0 Å². The average molecular weight is 339 g/mol. The zero-order valence-electron chi connectivity index (χ0n) is 10.4. The van der Waals surface area contributed by atoms with Gasteiger partial charge < -0.3 is 9.84 Å². The molecule has 0 aliphatic carbocycles. The Hall–Kier alpha value is -0.840. The summed E-state index contributed by atoms with van der Waals surface area (Å²) in [5.74, 6) is 1.09. The minimum Gasteiger partial charge on any atom is -0.493 e. The van der Waals surface area contributed by atoms with Crippen molar-refractivity contribution in [2.45, 2.75) is 24.9 Å². The van der Waals surface area contributed by atoms with Gasteiger partial charge in [0, 0.05) is 17.2 Å². The van der Waals surface area contributed by atoms with Crippen molar-refractivity contribution in [3.63, 3.8) is 0 Å². The maximum atomic E-state index is 10.5. The average Bonchev–Trinajstić information content (AvgIpc) is 2.83. The molecular formula is C15H15BrO2S. The van der Waals surface area contributed by atoms with Gasteiger partial charge in [0.1, 0.15) is 5.75 Å². The van der Waals surface area contributed by atoms with E-state index in [9.17, 15) is 5.11 Å². The summed E-state index contributed by atoms with van der Waals surface area (Å²) in [5.41, 5.74) is 1.14. The first-order valence-electron chi connectivity index (χ1n) is 6.38. The smallest absolute Gasteiger partial charge is 0.122 e. The molecule has 2 atom stereocenters. The number of rotatable bonds is 3. The highest BCUT2D eigenvalue weighted by Crippen LogP contribution is 2.37. The van der Waals surface area contributed by atoms with Crippen LogP contribution in [0.3, 0.4) is 0 Å². The fourth-order valence-electron chi connectivity index (χ4n) is 2.58. The fourth-order valence-corrected chi connectivity index (χ4v) is 4.11. The molecule has 1 aliphatic heterocycles. The summed E-state index contributed by atoms with van der Waals surface area (Å²) in [7, 11) is 0. The van der Waals surface area contributed by atoms with E-state index in [0.29, 0.717) is 13.0 Å². The van der Waals surface area contributed by atoms with E-state index in [1.807, 2.05) is 24.3 Å². The van der Waals surface area contributed by atoms with E-state index >= 15 is 0 Å². The van der Waals surface area contributed by atoms with Crippen LogP contribution in [0.25, 0.3) is 0 Å². The van der Waals surface area contributed by atoms with Crippen molar-refractivity contribution in [1.82, 2.24) is 0 Å². The van der Waals surface area contributed by atoms with Crippen molar-refractivity contribution in [2.75, 3.05) is 6.61 Å². The van der Waals surface area contributed by atoms with Gasteiger partial charge in [0.2, 0.25) is 0 Å². The molecule has 0 amide bonds. The van der Waals surface area contributed by atoms with Crippen molar-refractivity contribution in [2.24, 2.45) is 0 Å². The largest absolute Gasteiger partial charge is 0.493 e. The van der Waals surface area contributed by atoms with Crippen LogP contribution in [-0.2, 0) is 6.42 Å². The second-order valence-corrected chi connectivity index (χ2v) is 7.31.